The first-order valence-electron chi connectivity index (χ1n) is 9.82. The predicted octanol–water partition coefficient (Wildman–Crippen LogP) is 3.05. The summed E-state index contributed by atoms with van der Waals surface area (Å²) in [6, 6.07) is 7.50. The van der Waals surface area contributed by atoms with Crippen LogP contribution < -0.4 is 15.0 Å². The summed E-state index contributed by atoms with van der Waals surface area (Å²) in [5, 5.41) is 2.82. The third-order valence-electron chi connectivity index (χ3n) is 5.66. The first-order valence-corrected chi connectivity index (χ1v) is 9.82. The van der Waals surface area contributed by atoms with E-state index in [0.29, 0.717) is 12.8 Å². The molecule has 3 rings (SSSR count). The van der Waals surface area contributed by atoms with Crippen LogP contribution >= 0.6 is 0 Å². The zero-order valence-electron chi connectivity index (χ0n) is 16.2. The Morgan fingerprint density at radius 3 is 2.64 bits per heavy atom. The summed E-state index contributed by atoms with van der Waals surface area (Å²) >= 11 is 0. The lowest BCUT2D eigenvalue weighted by Gasteiger charge is -2.36. The number of nitrogens with one attached hydrogen (secondary N) is 1. The number of alkyl halides is 3. The van der Waals surface area contributed by atoms with E-state index in [2.05, 4.69) is 15.1 Å². The average Bonchev–Trinajstić information content (AvgIpc) is 2.68. The fraction of sp³-hybridized carbons (Fsp3) is 0.650. The number of methoxy groups -OCH3 is 1. The summed E-state index contributed by atoms with van der Waals surface area (Å²) in [4.78, 5) is 16.6. The molecule has 1 aliphatic heterocycles. The van der Waals surface area contributed by atoms with Gasteiger partial charge in [0.2, 0.25) is 5.91 Å². The van der Waals surface area contributed by atoms with Crippen molar-refractivity contribution in [2.45, 2.75) is 37.9 Å². The van der Waals surface area contributed by atoms with E-state index in [1.165, 1.54) is 0 Å². The first-order chi connectivity index (χ1) is 13.3. The van der Waals surface area contributed by atoms with E-state index in [0.717, 1.165) is 37.6 Å². The summed E-state index contributed by atoms with van der Waals surface area (Å²) in [6.45, 7) is 3.29. The zero-order valence-corrected chi connectivity index (χ0v) is 16.2. The van der Waals surface area contributed by atoms with Crippen molar-refractivity contribution in [3.05, 3.63) is 24.3 Å². The molecule has 2 fully saturated rings. The number of piperazine rings is 1. The van der Waals surface area contributed by atoms with Gasteiger partial charge in [-0.05, 0) is 31.4 Å². The molecule has 8 heteroatoms. The summed E-state index contributed by atoms with van der Waals surface area (Å²) in [5.41, 5.74) is 1.09. The summed E-state index contributed by atoms with van der Waals surface area (Å²) in [6.07, 6.45) is -2.86. The van der Waals surface area contributed by atoms with Gasteiger partial charge in [-0.3, -0.25) is 9.69 Å². The summed E-state index contributed by atoms with van der Waals surface area (Å²) < 4.78 is 44.0. The molecule has 0 aromatic heterocycles. The molecule has 2 atom stereocenters. The van der Waals surface area contributed by atoms with Gasteiger partial charge in [-0.2, -0.15) is 13.2 Å². The number of benzene rings is 1. The topological polar surface area (TPSA) is 44.8 Å². The highest BCUT2D eigenvalue weighted by atomic mass is 19.4. The zero-order chi connectivity index (χ0) is 20.1. The standard InChI is InChI=1S/C20H28F3N3O2/c1-28-18-7-3-6-17(13-18)26-10-8-25(9-11-26)14-19(27)24-16-5-2-4-15(12-16)20(21,22)23/h3,6-7,13,15-16H,2,4-5,8-12,14H2,1H3,(H,24,27)/t15-,16+/m0/s1. The molecule has 1 aromatic rings. The Kier molecular flexibility index (Phi) is 6.69. The molecule has 5 nitrogen and oxygen atoms in total. The van der Waals surface area contributed by atoms with Crippen molar-refractivity contribution < 1.29 is 22.7 Å². The van der Waals surface area contributed by atoms with Crippen LogP contribution in [0.3, 0.4) is 0 Å². The van der Waals surface area contributed by atoms with Crippen LogP contribution in [0.2, 0.25) is 0 Å². The Bertz CT molecular complexity index is 660. The van der Waals surface area contributed by atoms with Crippen LogP contribution in [0.5, 0.6) is 5.75 Å². The van der Waals surface area contributed by atoms with E-state index in [9.17, 15) is 18.0 Å². The van der Waals surface area contributed by atoms with Crippen molar-refractivity contribution in [3.63, 3.8) is 0 Å². The van der Waals surface area contributed by atoms with Gasteiger partial charge >= 0.3 is 6.18 Å². The molecule has 1 heterocycles. The lowest BCUT2D eigenvalue weighted by Crippen LogP contribution is -2.51. The Balaban J connectivity index is 1.43. The molecule has 0 spiro atoms. The minimum Gasteiger partial charge on any atom is -0.497 e. The molecule has 1 aromatic carbocycles. The molecule has 1 amide bonds. The molecule has 1 saturated heterocycles. The fourth-order valence-electron chi connectivity index (χ4n) is 4.07. The van der Waals surface area contributed by atoms with Gasteiger partial charge in [-0.1, -0.05) is 12.5 Å². The number of amides is 1. The number of hydrogen-bond acceptors (Lipinski definition) is 4. The number of carbonyl (C=O) groups is 1. The molecule has 0 unspecified atom stereocenters. The second-order valence-electron chi connectivity index (χ2n) is 7.63. The molecule has 2 aliphatic rings. The highest BCUT2D eigenvalue weighted by Gasteiger charge is 2.42. The maximum absolute atomic E-state index is 12.9. The van der Waals surface area contributed by atoms with Gasteiger partial charge in [0.15, 0.2) is 0 Å². The number of anilines is 1. The van der Waals surface area contributed by atoms with Crippen LogP contribution in [0.15, 0.2) is 24.3 Å². The van der Waals surface area contributed by atoms with Crippen LogP contribution in [-0.4, -0.2) is 62.9 Å². The summed E-state index contributed by atoms with van der Waals surface area (Å²) in [5.74, 6) is -0.662. The van der Waals surface area contributed by atoms with Crippen molar-refractivity contribution in [1.82, 2.24) is 10.2 Å². The van der Waals surface area contributed by atoms with Gasteiger partial charge in [-0.25, -0.2) is 0 Å². The van der Waals surface area contributed by atoms with Crippen molar-refractivity contribution >= 4 is 11.6 Å². The first kappa shape index (κ1) is 20.8. The Morgan fingerprint density at radius 2 is 1.96 bits per heavy atom. The molecule has 0 bridgehead atoms. The molecule has 1 N–H and O–H groups in total. The molecule has 0 radical (unpaired) electrons. The van der Waals surface area contributed by atoms with Gasteiger partial charge in [0.05, 0.1) is 19.6 Å². The van der Waals surface area contributed by atoms with Gasteiger partial charge in [-0.15, -0.1) is 0 Å². The minimum absolute atomic E-state index is 0.00113. The van der Waals surface area contributed by atoms with Crippen LogP contribution in [0.4, 0.5) is 18.9 Å². The highest BCUT2D eigenvalue weighted by Crippen LogP contribution is 2.37. The monoisotopic (exact) mass is 399 g/mol. The third kappa shape index (κ3) is 5.53. The van der Waals surface area contributed by atoms with Gasteiger partial charge in [0, 0.05) is 44.0 Å². The minimum atomic E-state index is -4.17. The lowest BCUT2D eigenvalue weighted by atomic mass is 9.85. The highest BCUT2D eigenvalue weighted by molar-refractivity contribution is 5.78. The predicted molar refractivity (Wildman–Crippen MR) is 102 cm³/mol. The van der Waals surface area contributed by atoms with E-state index >= 15 is 0 Å². The van der Waals surface area contributed by atoms with E-state index in [1.54, 1.807) is 7.11 Å². The Morgan fingerprint density at radius 1 is 1.21 bits per heavy atom. The fourth-order valence-corrected chi connectivity index (χ4v) is 4.07. The van der Waals surface area contributed by atoms with Crippen LogP contribution in [0.1, 0.15) is 25.7 Å². The number of carbonyl (C=O) groups excluding carboxylic acids is 1. The summed E-state index contributed by atoms with van der Waals surface area (Å²) in [7, 11) is 1.64. The number of nitrogens with zero attached hydrogens (tertiary/aromatic N) is 2. The van der Waals surface area contributed by atoms with Crippen LogP contribution in [0, 0.1) is 5.92 Å². The lowest BCUT2D eigenvalue weighted by molar-refractivity contribution is -0.184. The Hall–Kier alpha value is -1.96. The normalized spacial score (nSPS) is 24.1. The maximum Gasteiger partial charge on any atom is 0.391 e. The second kappa shape index (κ2) is 9.03. The van der Waals surface area contributed by atoms with E-state index in [-0.39, 0.29) is 31.3 Å². The average molecular weight is 399 g/mol. The van der Waals surface area contributed by atoms with Crippen molar-refractivity contribution in [2.75, 3.05) is 44.7 Å². The van der Waals surface area contributed by atoms with Crippen molar-refractivity contribution in [3.8, 4) is 5.75 Å². The number of ether oxygens (including phenoxy) is 1. The van der Waals surface area contributed by atoms with Gasteiger partial charge in [0.25, 0.3) is 0 Å². The van der Waals surface area contributed by atoms with Crippen LogP contribution in [-0.2, 0) is 4.79 Å². The molecular weight excluding hydrogens is 371 g/mol. The van der Waals surface area contributed by atoms with E-state index < -0.39 is 12.1 Å². The molecule has 1 aliphatic carbocycles. The molecule has 1 saturated carbocycles. The number of hydrogen-bond donors (Lipinski definition) is 1. The maximum atomic E-state index is 12.9. The van der Waals surface area contributed by atoms with E-state index in [1.807, 2.05) is 24.3 Å². The van der Waals surface area contributed by atoms with Gasteiger partial charge < -0.3 is 15.0 Å². The smallest absolute Gasteiger partial charge is 0.391 e. The van der Waals surface area contributed by atoms with E-state index in [4.69, 9.17) is 4.74 Å². The largest absolute Gasteiger partial charge is 0.497 e. The van der Waals surface area contributed by atoms with Crippen LogP contribution in [0.25, 0.3) is 0 Å². The van der Waals surface area contributed by atoms with Crippen molar-refractivity contribution in [2.24, 2.45) is 5.92 Å². The van der Waals surface area contributed by atoms with Crippen molar-refractivity contribution in [1.29, 1.82) is 0 Å². The third-order valence-corrected chi connectivity index (χ3v) is 5.66. The molecule has 28 heavy (non-hydrogen) atoms. The van der Waals surface area contributed by atoms with Gasteiger partial charge in [0.1, 0.15) is 5.75 Å². The Labute approximate surface area is 163 Å². The number of halogens is 3. The molecule has 156 valence electrons. The second-order valence-corrected chi connectivity index (χ2v) is 7.63. The SMILES string of the molecule is COc1cccc(N2CCN(CC(=O)N[C@@H]3CCC[C@H](C(F)(F)F)C3)CC2)c1. The molecular formula is C20H28F3N3O2. The number of rotatable bonds is 5. The quantitative estimate of drug-likeness (QED) is 0.827.